The van der Waals surface area contributed by atoms with Gasteiger partial charge < -0.3 is 9.47 Å². The molecule has 3 aromatic carbocycles. The summed E-state index contributed by atoms with van der Waals surface area (Å²) in [5.74, 6) is 1.52. The number of fused-ring (bicyclic) bond motifs is 1. The maximum absolute atomic E-state index is 6.08. The molecule has 27 heavy (non-hydrogen) atoms. The van der Waals surface area contributed by atoms with E-state index in [9.17, 15) is 0 Å². The third-order valence-electron chi connectivity index (χ3n) is 4.58. The summed E-state index contributed by atoms with van der Waals surface area (Å²) < 4.78 is 11.7. The van der Waals surface area contributed by atoms with Gasteiger partial charge in [0, 0.05) is 17.7 Å². The molecule has 0 spiro atoms. The molecule has 0 amide bonds. The summed E-state index contributed by atoms with van der Waals surface area (Å²) in [7, 11) is 1.69. The van der Waals surface area contributed by atoms with Crippen molar-refractivity contribution in [2.45, 2.75) is 13.0 Å². The second-order valence-electron chi connectivity index (χ2n) is 6.28. The van der Waals surface area contributed by atoms with Gasteiger partial charge >= 0.3 is 0 Å². The Labute approximate surface area is 166 Å². The molecule has 138 valence electrons. The van der Waals surface area contributed by atoms with E-state index in [1.807, 2.05) is 36.4 Å². The maximum Gasteiger partial charge on any atom is 0.162 e. The molecule has 0 bridgehead atoms. The van der Waals surface area contributed by atoms with Crippen LogP contribution in [0.25, 0.3) is 0 Å². The molecular weight excluding hydrogens is 358 g/mol. The Kier molecular flexibility index (Phi) is 6.15. The van der Waals surface area contributed by atoms with Crippen molar-refractivity contribution in [3.63, 3.8) is 0 Å². The smallest absolute Gasteiger partial charge is 0.162 e. The SMILES string of the molecule is COc1cc2c(cc1OCc1ccccc1)C(c1ccccc1)=NCC2.Cl. The number of benzene rings is 3. The van der Waals surface area contributed by atoms with Crippen LogP contribution in [0.2, 0.25) is 0 Å². The Hall–Kier alpha value is -2.78. The van der Waals surface area contributed by atoms with E-state index in [0.29, 0.717) is 6.61 Å². The number of ether oxygens (including phenoxy) is 2. The molecule has 3 nitrogen and oxygen atoms in total. The van der Waals surface area contributed by atoms with Crippen LogP contribution in [0.15, 0.2) is 77.8 Å². The molecule has 0 N–H and O–H groups in total. The molecule has 3 aromatic rings. The van der Waals surface area contributed by atoms with Gasteiger partial charge in [0.1, 0.15) is 6.61 Å². The van der Waals surface area contributed by atoms with E-state index in [1.165, 1.54) is 5.56 Å². The normalized spacial score (nSPS) is 12.4. The molecule has 1 aliphatic heterocycles. The highest BCUT2D eigenvalue weighted by molar-refractivity contribution is 6.14. The highest BCUT2D eigenvalue weighted by Gasteiger charge is 2.19. The van der Waals surface area contributed by atoms with Gasteiger partial charge in [-0.15, -0.1) is 12.4 Å². The van der Waals surface area contributed by atoms with Gasteiger partial charge in [0.25, 0.3) is 0 Å². The molecule has 0 aromatic heterocycles. The van der Waals surface area contributed by atoms with E-state index in [2.05, 4.69) is 36.4 Å². The fourth-order valence-electron chi connectivity index (χ4n) is 3.25. The molecular formula is C23H22ClNO2. The lowest BCUT2D eigenvalue weighted by molar-refractivity contribution is 0.284. The summed E-state index contributed by atoms with van der Waals surface area (Å²) >= 11 is 0. The summed E-state index contributed by atoms with van der Waals surface area (Å²) in [5.41, 5.74) is 5.67. The van der Waals surface area contributed by atoms with E-state index in [-0.39, 0.29) is 12.4 Å². The average Bonchev–Trinajstić information content (AvgIpc) is 2.72. The largest absolute Gasteiger partial charge is 0.493 e. The lowest BCUT2D eigenvalue weighted by Gasteiger charge is -2.20. The minimum Gasteiger partial charge on any atom is -0.493 e. The molecule has 0 unspecified atom stereocenters. The van der Waals surface area contributed by atoms with Crippen molar-refractivity contribution in [3.8, 4) is 11.5 Å². The van der Waals surface area contributed by atoms with Gasteiger partial charge in [-0.2, -0.15) is 0 Å². The van der Waals surface area contributed by atoms with Crippen molar-refractivity contribution < 1.29 is 9.47 Å². The van der Waals surface area contributed by atoms with Crippen molar-refractivity contribution in [2.24, 2.45) is 4.99 Å². The number of nitrogens with zero attached hydrogens (tertiary/aromatic N) is 1. The standard InChI is InChI=1S/C23H21NO2.ClH/c1-25-21-14-19-12-13-24-23(18-10-6-3-7-11-18)20(19)15-22(21)26-16-17-8-4-2-5-9-17;/h2-11,14-15H,12-13,16H2,1H3;1H. The van der Waals surface area contributed by atoms with Gasteiger partial charge in [-0.05, 0) is 29.7 Å². The van der Waals surface area contributed by atoms with Crippen LogP contribution >= 0.6 is 12.4 Å². The molecule has 0 saturated heterocycles. The van der Waals surface area contributed by atoms with Crippen molar-refractivity contribution >= 4 is 18.1 Å². The number of hydrogen-bond acceptors (Lipinski definition) is 3. The van der Waals surface area contributed by atoms with Gasteiger partial charge in [-0.1, -0.05) is 60.7 Å². The van der Waals surface area contributed by atoms with Crippen molar-refractivity contribution in [1.29, 1.82) is 0 Å². The lowest BCUT2D eigenvalue weighted by atomic mass is 9.93. The van der Waals surface area contributed by atoms with Crippen LogP contribution in [0.3, 0.4) is 0 Å². The molecule has 1 aliphatic rings. The zero-order valence-electron chi connectivity index (χ0n) is 15.2. The van der Waals surface area contributed by atoms with E-state index < -0.39 is 0 Å². The van der Waals surface area contributed by atoms with E-state index in [1.54, 1.807) is 7.11 Å². The third-order valence-corrected chi connectivity index (χ3v) is 4.58. The maximum atomic E-state index is 6.08. The predicted octanol–water partition coefficient (Wildman–Crippen LogP) is 5.09. The fraction of sp³-hybridized carbons (Fsp3) is 0.174. The molecule has 0 fully saturated rings. The second kappa shape index (κ2) is 8.74. The molecule has 0 aliphatic carbocycles. The van der Waals surface area contributed by atoms with Crippen molar-refractivity contribution in [1.82, 2.24) is 0 Å². The highest BCUT2D eigenvalue weighted by Crippen LogP contribution is 2.34. The second-order valence-corrected chi connectivity index (χ2v) is 6.28. The van der Waals surface area contributed by atoms with Crippen LogP contribution in [0.5, 0.6) is 11.5 Å². The first-order valence-corrected chi connectivity index (χ1v) is 8.83. The molecule has 4 rings (SSSR count). The molecule has 4 heteroatoms. The number of hydrogen-bond donors (Lipinski definition) is 0. The Bertz CT molecular complexity index is 924. The summed E-state index contributed by atoms with van der Waals surface area (Å²) in [6.07, 6.45) is 0.918. The van der Waals surface area contributed by atoms with Crippen LogP contribution in [-0.4, -0.2) is 19.4 Å². The minimum absolute atomic E-state index is 0. The third kappa shape index (κ3) is 4.15. The van der Waals surface area contributed by atoms with Crippen LogP contribution in [0.4, 0.5) is 0 Å². The predicted molar refractivity (Wildman–Crippen MR) is 112 cm³/mol. The Balaban J connectivity index is 0.00000210. The zero-order chi connectivity index (χ0) is 17.8. The first kappa shape index (κ1) is 19.0. The number of rotatable bonds is 5. The van der Waals surface area contributed by atoms with Gasteiger partial charge in [0.15, 0.2) is 11.5 Å². The van der Waals surface area contributed by atoms with Crippen molar-refractivity contribution in [3.05, 3.63) is 95.1 Å². The topological polar surface area (TPSA) is 30.8 Å². The van der Waals surface area contributed by atoms with E-state index in [4.69, 9.17) is 14.5 Å². The Morgan fingerprint density at radius 1 is 0.889 bits per heavy atom. The fourth-order valence-corrected chi connectivity index (χ4v) is 3.25. The average molecular weight is 380 g/mol. The highest BCUT2D eigenvalue weighted by atomic mass is 35.5. The first-order chi connectivity index (χ1) is 12.8. The van der Waals surface area contributed by atoms with Crippen LogP contribution in [0, 0.1) is 0 Å². The number of aliphatic imine (C=N–C) groups is 1. The summed E-state index contributed by atoms with van der Waals surface area (Å²) in [5, 5.41) is 0. The lowest BCUT2D eigenvalue weighted by Crippen LogP contribution is -2.15. The van der Waals surface area contributed by atoms with Crippen LogP contribution < -0.4 is 9.47 Å². The molecule has 0 radical (unpaired) electrons. The monoisotopic (exact) mass is 379 g/mol. The number of halogens is 1. The summed E-state index contributed by atoms with van der Waals surface area (Å²) in [6, 6.07) is 24.6. The Morgan fingerprint density at radius 2 is 1.59 bits per heavy atom. The Morgan fingerprint density at radius 3 is 2.30 bits per heavy atom. The molecule has 0 saturated carbocycles. The first-order valence-electron chi connectivity index (χ1n) is 8.83. The molecule has 0 atom stereocenters. The summed E-state index contributed by atoms with van der Waals surface area (Å²) in [6.45, 7) is 1.30. The van der Waals surface area contributed by atoms with Crippen LogP contribution in [-0.2, 0) is 13.0 Å². The molecule has 1 heterocycles. The van der Waals surface area contributed by atoms with E-state index >= 15 is 0 Å². The minimum atomic E-state index is 0. The zero-order valence-corrected chi connectivity index (χ0v) is 16.0. The van der Waals surface area contributed by atoms with Crippen molar-refractivity contribution in [2.75, 3.05) is 13.7 Å². The van der Waals surface area contributed by atoms with Gasteiger partial charge in [-0.3, -0.25) is 4.99 Å². The summed E-state index contributed by atoms with van der Waals surface area (Å²) in [4.78, 5) is 4.78. The van der Waals surface area contributed by atoms with Gasteiger partial charge in [0.2, 0.25) is 0 Å². The number of methoxy groups -OCH3 is 1. The van der Waals surface area contributed by atoms with Crippen LogP contribution in [0.1, 0.15) is 22.3 Å². The van der Waals surface area contributed by atoms with Gasteiger partial charge in [-0.25, -0.2) is 0 Å². The van der Waals surface area contributed by atoms with E-state index in [0.717, 1.165) is 46.9 Å². The quantitative estimate of drug-likeness (QED) is 0.618. The van der Waals surface area contributed by atoms with Gasteiger partial charge in [0.05, 0.1) is 12.8 Å².